The van der Waals surface area contributed by atoms with Crippen molar-refractivity contribution in [3.63, 3.8) is 0 Å². The van der Waals surface area contributed by atoms with Crippen LogP contribution in [-0.4, -0.2) is 21.3 Å². The van der Waals surface area contributed by atoms with Gasteiger partial charge in [0.25, 0.3) is 0 Å². The predicted molar refractivity (Wildman–Crippen MR) is 111 cm³/mol. The van der Waals surface area contributed by atoms with E-state index in [4.69, 9.17) is 0 Å². The van der Waals surface area contributed by atoms with Gasteiger partial charge < -0.3 is 10.2 Å². The summed E-state index contributed by atoms with van der Waals surface area (Å²) in [4.78, 5) is 4.19. The average molecular weight is 377 g/mol. The van der Waals surface area contributed by atoms with Crippen LogP contribution >= 0.6 is 0 Å². The predicted octanol–water partition coefficient (Wildman–Crippen LogP) is 5.82. The Kier molecular flexibility index (Phi) is 6.56. The first kappa shape index (κ1) is 19.8. The van der Waals surface area contributed by atoms with Crippen molar-refractivity contribution in [3.05, 3.63) is 78.3 Å². The number of aromatic hydroxyl groups is 1. The number of hydrogen-bond acceptors (Lipinski definition) is 3. The van der Waals surface area contributed by atoms with E-state index in [0.717, 1.165) is 41.6 Å². The van der Waals surface area contributed by atoms with Crippen molar-refractivity contribution in [2.75, 3.05) is 0 Å². The number of halogens is 1. The lowest BCUT2D eigenvalue weighted by atomic mass is 10.0. The second-order valence-electron chi connectivity index (χ2n) is 6.90. The third-order valence-corrected chi connectivity index (χ3v) is 4.54. The molecular formula is C24H24FNO2. The first-order valence-electron chi connectivity index (χ1n) is 9.43. The van der Waals surface area contributed by atoms with Gasteiger partial charge in [-0.2, -0.15) is 0 Å². The fraction of sp³-hybridized carbons (Fsp3) is 0.208. The summed E-state index contributed by atoms with van der Waals surface area (Å²) >= 11 is 0. The molecule has 1 atom stereocenters. The first-order valence-corrected chi connectivity index (χ1v) is 9.43. The van der Waals surface area contributed by atoms with E-state index in [9.17, 15) is 14.6 Å². The van der Waals surface area contributed by atoms with E-state index in [1.807, 2.05) is 42.5 Å². The van der Waals surface area contributed by atoms with E-state index in [0.29, 0.717) is 5.56 Å². The molecule has 0 aliphatic rings. The number of benzene rings is 2. The Labute approximate surface area is 164 Å². The Morgan fingerprint density at radius 1 is 1.04 bits per heavy atom. The summed E-state index contributed by atoms with van der Waals surface area (Å²) < 4.78 is 14.6. The molecule has 4 heteroatoms. The molecule has 0 fully saturated rings. The average Bonchev–Trinajstić information content (AvgIpc) is 2.68. The summed E-state index contributed by atoms with van der Waals surface area (Å²) in [5.41, 5.74) is 3.83. The fourth-order valence-corrected chi connectivity index (χ4v) is 3.00. The number of allylic oxidation sites excluding steroid dienone is 1. The fourth-order valence-electron chi connectivity index (χ4n) is 3.00. The molecule has 3 aromatic rings. The van der Waals surface area contributed by atoms with Crippen molar-refractivity contribution >= 4 is 6.08 Å². The molecule has 0 spiro atoms. The number of rotatable bonds is 7. The van der Waals surface area contributed by atoms with Crippen molar-refractivity contribution in [2.24, 2.45) is 0 Å². The Balaban J connectivity index is 1.70. The van der Waals surface area contributed by atoms with Crippen LogP contribution in [0, 0.1) is 5.82 Å². The van der Waals surface area contributed by atoms with E-state index in [2.05, 4.69) is 4.98 Å². The van der Waals surface area contributed by atoms with Gasteiger partial charge in [0.05, 0.1) is 18.0 Å². The zero-order valence-electron chi connectivity index (χ0n) is 15.8. The minimum absolute atomic E-state index is 0.125. The number of aliphatic hydroxyl groups excluding tert-OH is 1. The molecule has 0 amide bonds. The van der Waals surface area contributed by atoms with Gasteiger partial charge in [0.15, 0.2) is 0 Å². The summed E-state index contributed by atoms with van der Waals surface area (Å²) in [6.45, 7) is 1.78. The van der Waals surface area contributed by atoms with Gasteiger partial charge in [-0.3, -0.25) is 4.98 Å². The van der Waals surface area contributed by atoms with Crippen molar-refractivity contribution < 1.29 is 14.6 Å². The highest BCUT2D eigenvalue weighted by molar-refractivity contribution is 5.70. The van der Waals surface area contributed by atoms with Crippen molar-refractivity contribution in [2.45, 2.75) is 32.3 Å². The van der Waals surface area contributed by atoms with Crippen LogP contribution in [0.1, 0.15) is 31.7 Å². The molecule has 1 aromatic heterocycles. The van der Waals surface area contributed by atoms with Crippen molar-refractivity contribution in [1.82, 2.24) is 4.98 Å². The highest BCUT2D eigenvalue weighted by Gasteiger charge is 2.07. The molecular weight excluding hydrogens is 353 g/mol. The molecule has 0 radical (unpaired) electrons. The number of pyridine rings is 1. The van der Waals surface area contributed by atoms with Crippen molar-refractivity contribution in [3.8, 4) is 28.1 Å². The zero-order chi connectivity index (χ0) is 19.9. The quantitative estimate of drug-likeness (QED) is 0.510. The first-order chi connectivity index (χ1) is 13.5. The van der Waals surface area contributed by atoms with E-state index in [1.54, 1.807) is 25.1 Å². The monoisotopic (exact) mass is 377 g/mol. The number of nitrogens with zero attached hydrogens (tertiary/aromatic N) is 1. The van der Waals surface area contributed by atoms with Gasteiger partial charge in [-0.25, -0.2) is 4.39 Å². The third kappa shape index (κ3) is 5.27. The van der Waals surface area contributed by atoms with E-state index in [1.165, 1.54) is 12.3 Å². The van der Waals surface area contributed by atoms with Crippen LogP contribution in [0.2, 0.25) is 0 Å². The number of unbranched alkanes of at least 4 members (excludes halogenated alkanes) is 1. The largest absolute Gasteiger partial charge is 0.506 e. The highest BCUT2D eigenvalue weighted by atomic mass is 19.1. The summed E-state index contributed by atoms with van der Waals surface area (Å²) in [6, 6.07) is 16.1. The smallest absolute Gasteiger partial charge is 0.133 e. The molecule has 0 saturated heterocycles. The van der Waals surface area contributed by atoms with E-state index < -0.39 is 0 Å². The lowest BCUT2D eigenvalue weighted by Crippen LogP contribution is -1.97. The zero-order valence-corrected chi connectivity index (χ0v) is 15.8. The maximum atomic E-state index is 14.6. The van der Waals surface area contributed by atoms with Crippen LogP contribution < -0.4 is 0 Å². The minimum Gasteiger partial charge on any atom is -0.506 e. The van der Waals surface area contributed by atoms with Crippen molar-refractivity contribution in [1.29, 1.82) is 0 Å². The molecule has 1 heterocycles. The van der Waals surface area contributed by atoms with Crippen LogP contribution in [0.25, 0.3) is 28.5 Å². The van der Waals surface area contributed by atoms with Crippen LogP contribution in [0.3, 0.4) is 0 Å². The van der Waals surface area contributed by atoms with Gasteiger partial charge >= 0.3 is 0 Å². The molecule has 3 nitrogen and oxygen atoms in total. The molecule has 144 valence electrons. The summed E-state index contributed by atoms with van der Waals surface area (Å²) in [6.07, 6.45) is 7.59. The van der Waals surface area contributed by atoms with Gasteiger partial charge in [-0.05, 0) is 55.5 Å². The topological polar surface area (TPSA) is 53.4 Å². The molecule has 0 saturated carbocycles. The van der Waals surface area contributed by atoms with E-state index in [-0.39, 0.29) is 17.7 Å². The standard InChI is InChI=1S/C24H24FNO2/c1-17(27)5-3-2-4-6-18-7-13-22(23(25)15-18)19-8-10-20(11-9-19)24-14-12-21(28)16-26-24/h4,6-17,27-28H,2-3,5H2,1H3. The number of aromatic nitrogens is 1. The normalized spacial score (nSPS) is 12.4. The Bertz CT molecular complexity index is 932. The van der Waals surface area contributed by atoms with Gasteiger partial charge in [-0.15, -0.1) is 0 Å². The second kappa shape index (κ2) is 9.29. The maximum absolute atomic E-state index is 14.6. The molecule has 0 aliphatic heterocycles. The van der Waals surface area contributed by atoms with E-state index >= 15 is 0 Å². The molecule has 0 aliphatic carbocycles. The Morgan fingerprint density at radius 3 is 2.43 bits per heavy atom. The minimum atomic E-state index is -0.277. The van der Waals surface area contributed by atoms with Gasteiger partial charge in [0.1, 0.15) is 11.6 Å². The number of hydrogen-bond donors (Lipinski definition) is 2. The third-order valence-electron chi connectivity index (χ3n) is 4.54. The van der Waals surface area contributed by atoms with Gasteiger partial charge in [0, 0.05) is 11.1 Å². The van der Waals surface area contributed by atoms with Gasteiger partial charge in [0.2, 0.25) is 0 Å². The Morgan fingerprint density at radius 2 is 1.79 bits per heavy atom. The Hall–Kier alpha value is -2.98. The lowest BCUT2D eigenvalue weighted by molar-refractivity contribution is 0.182. The summed E-state index contributed by atoms with van der Waals surface area (Å²) in [5, 5.41) is 18.6. The molecule has 1 unspecified atom stereocenters. The van der Waals surface area contributed by atoms with Crippen LogP contribution in [-0.2, 0) is 0 Å². The molecule has 28 heavy (non-hydrogen) atoms. The van der Waals surface area contributed by atoms with Crippen LogP contribution in [0.15, 0.2) is 66.9 Å². The van der Waals surface area contributed by atoms with Crippen LogP contribution in [0.5, 0.6) is 5.75 Å². The van der Waals surface area contributed by atoms with Crippen LogP contribution in [0.4, 0.5) is 4.39 Å². The molecule has 2 N–H and O–H groups in total. The molecule has 2 aromatic carbocycles. The second-order valence-corrected chi connectivity index (χ2v) is 6.90. The molecule has 3 rings (SSSR count). The highest BCUT2D eigenvalue weighted by Crippen LogP contribution is 2.27. The SMILES string of the molecule is CC(O)CCCC=Cc1ccc(-c2ccc(-c3ccc(O)cn3)cc2)c(F)c1. The van der Waals surface area contributed by atoms with Gasteiger partial charge in [-0.1, -0.05) is 48.6 Å². The number of aliphatic hydroxyl groups is 1. The maximum Gasteiger partial charge on any atom is 0.133 e. The summed E-state index contributed by atoms with van der Waals surface area (Å²) in [5.74, 6) is -0.138. The summed E-state index contributed by atoms with van der Waals surface area (Å²) in [7, 11) is 0. The lowest BCUT2D eigenvalue weighted by Gasteiger charge is -2.07. The molecule has 0 bridgehead atoms.